The van der Waals surface area contributed by atoms with E-state index in [0.29, 0.717) is 17.1 Å². The van der Waals surface area contributed by atoms with Crippen LogP contribution in [-0.4, -0.2) is 18.0 Å². The number of carbonyl (C=O) groups is 1. The number of benzene rings is 1. The molecule has 0 aliphatic carbocycles. The van der Waals surface area contributed by atoms with Gasteiger partial charge < -0.3 is 10.1 Å². The first-order valence-electron chi connectivity index (χ1n) is 5.78. The predicted molar refractivity (Wildman–Crippen MR) is 85.3 cm³/mol. The molecule has 0 fully saturated rings. The van der Waals surface area contributed by atoms with Crippen LogP contribution in [0.5, 0.6) is 5.75 Å². The van der Waals surface area contributed by atoms with Gasteiger partial charge in [-0.25, -0.2) is 4.98 Å². The summed E-state index contributed by atoms with van der Waals surface area (Å²) in [7, 11) is 1.58. The lowest BCUT2D eigenvalue weighted by molar-refractivity contribution is 0.102. The van der Waals surface area contributed by atoms with E-state index in [9.17, 15) is 4.79 Å². The van der Waals surface area contributed by atoms with Gasteiger partial charge >= 0.3 is 0 Å². The first kappa shape index (κ1) is 15.0. The molecule has 0 saturated heterocycles. The van der Waals surface area contributed by atoms with Gasteiger partial charge in [0.05, 0.1) is 11.6 Å². The third-order valence-corrected chi connectivity index (χ3v) is 4.15. The smallest absolute Gasteiger partial charge is 0.256 e. The van der Waals surface area contributed by atoms with Crippen LogP contribution in [0.4, 0.5) is 5.82 Å². The maximum atomic E-state index is 12.1. The largest absolute Gasteiger partial charge is 0.496 e. The van der Waals surface area contributed by atoms with E-state index < -0.39 is 0 Å². The Morgan fingerprint density at radius 1 is 1.25 bits per heavy atom. The van der Waals surface area contributed by atoms with Crippen LogP contribution in [0.3, 0.4) is 0 Å². The number of nitrogens with one attached hydrogen (secondary N) is 1. The Labute approximate surface area is 133 Å². The Hall–Kier alpha value is -1.40. The SMILES string of the molecule is COc1ccc(C(=O)Nc2cc(C)c(Br)cn2)cc1Br. The van der Waals surface area contributed by atoms with Crippen molar-refractivity contribution in [3.05, 3.63) is 50.5 Å². The zero-order chi connectivity index (χ0) is 14.7. The molecule has 0 spiro atoms. The van der Waals surface area contributed by atoms with Gasteiger partial charge in [-0.2, -0.15) is 0 Å². The Bertz CT molecular complexity index is 660. The number of aryl methyl sites for hydroxylation is 1. The minimum atomic E-state index is -0.220. The number of anilines is 1. The van der Waals surface area contributed by atoms with Crippen molar-refractivity contribution in [2.45, 2.75) is 6.92 Å². The molecule has 1 amide bonds. The predicted octanol–water partition coefficient (Wildman–Crippen LogP) is 4.18. The lowest BCUT2D eigenvalue weighted by Gasteiger charge is -2.08. The monoisotopic (exact) mass is 398 g/mol. The van der Waals surface area contributed by atoms with Crippen LogP contribution in [-0.2, 0) is 0 Å². The molecule has 20 heavy (non-hydrogen) atoms. The number of hydrogen-bond acceptors (Lipinski definition) is 3. The van der Waals surface area contributed by atoms with Gasteiger partial charge in [0.2, 0.25) is 0 Å². The Morgan fingerprint density at radius 3 is 2.60 bits per heavy atom. The fraction of sp³-hybridized carbons (Fsp3) is 0.143. The number of rotatable bonds is 3. The van der Waals surface area contributed by atoms with Crippen molar-refractivity contribution < 1.29 is 9.53 Å². The molecule has 1 aromatic heterocycles. The van der Waals surface area contributed by atoms with Crippen molar-refractivity contribution in [3.8, 4) is 5.75 Å². The van der Waals surface area contributed by atoms with E-state index in [2.05, 4.69) is 42.2 Å². The first-order chi connectivity index (χ1) is 9.51. The van der Waals surface area contributed by atoms with Gasteiger partial charge in [-0.15, -0.1) is 0 Å². The van der Waals surface area contributed by atoms with Crippen molar-refractivity contribution in [3.63, 3.8) is 0 Å². The Kier molecular flexibility index (Phi) is 4.77. The second-order valence-electron chi connectivity index (χ2n) is 4.12. The summed E-state index contributed by atoms with van der Waals surface area (Å²) in [6, 6.07) is 6.95. The zero-order valence-electron chi connectivity index (χ0n) is 10.9. The Morgan fingerprint density at radius 2 is 2.00 bits per heavy atom. The number of carbonyl (C=O) groups excluding carboxylic acids is 1. The number of pyridine rings is 1. The summed E-state index contributed by atoms with van der Waals surface area (Å²) in [4.78, 5) is 16.3. The van der Waals surface area contributed by atoms with E-state index in [0.717, 1.165) is 14.5 Å². The summed E-state index contributed by atoms with van der Waals surface area (Å²) in [5.41, 5.74) is 1.53. The van der Waals surface area contributed by atoms with Crippen LogP contribution in [0.25, 0.3) is 0 Å². The fourth-order valence-corrected chi connectivity index (χ4v) is 2.36. The van der Waals surface area contributed by atoms with Gasteiger partial charge in [0, 0.05) is 16.2 Å². The molecule has 2 rings (SSSR count). The second kappa shape index (κ2) is 6.37. The van der Waals surface area contributed by atoms with E-state index >= 15 is 0 Å². The van der Waals surface area contributed by atoms with Gasteiger partial charge in [-0.05, 0) is 68.6 Å². The van der Waals surface area contributed by atoms with E-state index in [-0.39, 0.29) is 5.91 Å². The van der Waals surface area contributed by atoms with Gasteiger partial charge in [0.25, 0.3) is 5.91 Å². The molecule has 6 heteroatoms. The van der Waals surface area contributed by atoms with Crippen LogP contribution in [0.1, 0.15) is 15.9 Å². The third-order valence-electron chi connectivity index (χ3n) is 2.70. The third kappa shape index (κ3) is 3.37. The molecule has 1 heterocycles. The summed E-state index contributed by atoms with van der Waals surface area (Å²) < 4.78 is 6.77. The van der Waals surface area contributed by atoms with Crippen LogP contribution < -0.4 is 10.1 Å². The second-order valence-corrected chi connectivity index (χ2v) is 5.83. The number of ether oxygens (including phenoxy) is 1. The van der Waals surface area contributed by atoms with E-state index in [4.69, 9.17) is 4.74 Å². The minimum Gasteiger partial charge on any atom is -0.496 e. The van der Waals surface area contributed by atoms with Crippen molar-refractivity contribution >= 4 is 43.6 Å². The highest BCUT2D eigenvalue weighted by molar-refractivity contribution is 9.10. The molecule has 104 valence electrons. The number of halogens is 2. The highest BCUT2D eigenvalue weighted by atomic mass is 79.9. The summed E-state index contributed by atoms with van der Waals surface area (Å²) in [5, 5.41) is 2.76. The maximum Gasteiger partial charge on any atom is 0.256 e. The number of hydrogen-bond donors (Lipinski definition) is 1. The molecule has 2 aromatic rings. The average molecular weight is 400 g/mol. The Balaban J connectivity index is 2.19. The van der Waals surface area contributed by atoms with Gasteiger partial charge in [0.15, 0.2) is 0 Å². The number of nitrogens with zero attached hydrogens (tertiary/aromatic N) is 1. The van der Waals surface area contributed by atoms with E-state index in [1.54, 1.807) is 37.6 Å². The molecule has 0 bridgehead atoms. The van der Waals surface area contributed by atoms with Crippen LogP contribution in [0.2, 0.25) is 0 Å². The first-order valence-corrected chi connectivity index (χ1v) is 7.37. The fourth-order valence-electron chi connectivity index (χ4n) is 1.60. The summed E-state index contributed by atoms with van der Waals surface area (Å²) in [5.74, 6) is 0.976. The van der Waals surface area contributed by atoms with Crippen molar-refractivity contribution in [2.75, 3.05) is 12.4 Å². The van der Waals surface area contributed by atoms with E-state index in [1.807, 2.05) is 6.92 Å². The summed E-state index contributed by atoms with van der Waals surface area (Å²) in [6.07, 6.45) is 1.66. The maximum absolute atomic E-state index is 12.1. The quantitative estimate of drug-likeness (QED) is 0.842. The molecule has 0 aliphatic heterocycles. The molecular weight excluding hydrogens is 388 g/mol. The highest BCUT2D eigenvalue weighted by Gasteiger charge is 2.10. The van der Waals surface area contributed by atoms with Gasteiger partial charge in [-0.3, -0.25) is 4.79 Å². The number of amides is 1. The molecule has 0 radical (unpaired) electrons. The molecular formula is C14H12Br2N2O2. The van der Waals surface area contributed by atoms with Gasteiger partial charge in [-0.1, -0.05) is 0 Å². The normalized spacial score (nSPS) is 10.2. The lowest BCUT2D eigenvalue weighted by Crippen LogP contribution is -2.13. The van der Waals surface area contributed by atoms with Crippen LogP contribution in [0.15, 0.2) is 39.4 Å². The molecule has 1 aromatic carbocycles. The van der Waals surface area contributed by atoms with Crippen LogP contribution in [0, 0.1) is 6.92 Å². The van der Waals surface area contributed by atoms with Crippen molar-refractivity contribution in [2.24, 2.45) is 0 Å². The lowest BCUT2D eigenvalue weighted by atomic mass is 10.2. The van der Waals surface area contributed by atoms with Crippen molar-refractivity contribution in [1.29, 1.82) is 0 Å². The molecule has 1 N–H and O–H groups in total. The average Bonchev–Trinajstić information content (AvgIpc) is 2.42. The standard InChI is InChI=1S/C14H12Br2N2O2/c1-8-5-13(17-7-11(8)16)18-14(19)9-3-4-12(20-2)10(15)6-9/h3-7H,1-2H3,(H,17,18,19). The highest BCUT2D eigenvalue weighted by Crippen LogP contribution is 2.26. The van der Waals surface area contributed by atoms with Crippen LogP contribution >= 0.6 is 31.9 Å². The topological polar surface area (TPSA) is 51.2 Å². The van der Waals surface area contributed by atoms with Crippen molar-refractivity contribution in [1.82, 2.24) is 4.98 Å². The number of methoxy groups -OCH3 is 1. The molecule has 0 atom stereocenters. The molecule has 4 nitrogen and oxygen atoms in total. The number of aromatic nitrogens is 1. The van der Waals surface area contributed by atoms with E-state index in [1.165, 1.54) is 0 Å². The molecule has 0 aliphatic rings. The molecule has 0 saturated carbocycles. The molecule has 0 unspecified atom stereocenters. The van der Waals surface area contributed by atoms with Gasteiger partial charge in [0.1, 0.15) is 11.6 Å². The zero-order valence-corrected chi connectivity index (χ0v) is 14.1. The summed E-state index contributed by atoms with van der Waals surface area (Å²) in [6.45, 7) is 1.94. The minimum absolute atomic E-state index is 0.220. The summed E-state index contributed by atoms with van der Waals surface area (Å²) >= 11 is 6.73.